The molecule has 0 bridgehead atoms. The Hall–Kier alpha value is -0.380. The number of halogens is 1. The van der Waals surface area contributed by atoms with E-state index in [1.54, 1.807) is 0 Å². The number of aliphatic hydroxyl groups excluding tert-OH is 1. The van der Waals surface area contributed by atoms with Gasteiger partial charge >= 0.3 is 0 Å². The van der Waals surface area contributed by atoms with Crippen LogP contribution in [0, 0.1) is 5.92 Å². The van der Waals surface area contributed by atoms with Gasteiger partial charge in [0, 0.05) is 17.0 Å². The Labute approximate surface area is 105 Å². The summed E-state index contributed by atoms with van der Waals surface area (Å²) in [5, 5.41) is 10.1. The summed E-state index contributed by atoms with van der Waals surface area (Å²) in [6, 6.07) is 8.12. The zero-order chi connectivity index (χ0) is 11.4. The van der Waals surface area contributed by atoms with Gasteiger partial charge in [0.2, 0.25) is 0 Å². The summed E-state index contributed by atoms with van der Waals surface area (Å²) in [4.78, 5) is 0. The molecule has 2 rings (SSSR count). The lowest BCUT2D eigenvalue weighted by molar-refractivity contribution is -0.00847. The Bertz CT molecular complexity index is 334. The molecule has 3 heteroatoms. The average Bonchev–Trinajstić information content (AvgIpc) is 2.30. The van der Waals surface area contributed by atoms with Crippen molar-refractivity contribution < 1.29 is 9.84 Å². The van der Waals surface area contributed by atoms with Crippen LogP contribution in [-0.2, 0) is 11.2 Å². The Kier molecular flexibility index (Phi) is 4.38. The lowest BCUT2D eigenvalue weighted by Crippen LogP contribution is -2.30. The van der Waals surface area contributed by atoms with Gasteiger partial charge < -0.3 is 9.84 Å². The molecule has 1 aliphatic heterocycles. The zero-order valence-corrected chi connectivity index (χ0v) is 10.8. The van der Waals surface area contributed by atoms with E-state index in [0.717, 1.165) is 23.9 Å². The van der Waals surface area contributed by atoms with Crippen LogP contribution in [-0.4, -0.2) is 24.4 Å². The SMILES string of the molecule is OC(Cc1cccc(Br)c1)C1CCCOC1. The summed E-state index contributed by atoms with van der Waals surface area (Å²) in [5.41, 5.74) is 1.17. The fraction of sp³-hybridized carbons (Fsp3) is 0.538. The van der Waals surface area contributed by atoms with E-state index in [2.05, 4.69) is 28.1 Å². The molecule has 1 fully saturated rings. The topological polar surface area (TPSA) is 29.5 Å². The molecule has 1 saturated heterocycles. The molecule has 0 spiro atoms. The van der Waals surface area contributed by atoms with E-state index >= 15 is 0 Å². The summed E-state index contributed by atoms with van der Waals surface area (Å²) in [6.45, 7) is 1.55. The summed E-state index contributed by atoms with van der Waals surface area (Å²) in [5.74, 6) is 0.299. The summed E-state index contributed by atoms with van der Waals surface area (Å²) >= 11 is 3.44. The molecule has 2 nitrogen and oxygen atoms in total. The van der Waals surface area contributed by atoms with Crippen LogP contribution in [0.2, 0.25) is 0 Å². The predicted molar refractivity (Wildman–Crippen MR) is 67.4 cm³/mol. The fourth-order valence-corrected chi connectivity index (χ4v) is 2.59. The van der Waals surface area contributed by atoms with E-state index in [9.17, 15) is 5.11 Å². The van der Waals surface area contributed by atoms with Crippen LogP contribution in [0.3, 0.4) is 0 Å². The van der Waals surface area contributed by atoms with Crippen LogP contribution < -0.4 is 0 Å². The monoisotopic (exact) mass is 284 g/mol. The number of rotatable bonds is 3. The van der Waals surface area contributed by atoms with Crippen LogP contribution >= 0.6 is 15.9 Å². The minimum atomic E-state index is -0.283. The average molecular weight is 285 g/mol. The van der Waals surface area contributed by atoms with Crippen molar-refractivity contribution in [2.24, 2.45) is 5.92 Å². The first kappa shape index (κ1) is 12.1. The minimum absolute atomic E-state index is 0.283. The molecule has 0 saturated carbocycles. The summed E-state index contributed by atoms with van der Waals surface area (Å²) in [6.07, 6.45) is 2.58. The van der Waals surface area contributed by atoms with Gasteiger partial charge in [-0.05, 0) is 37.0 Å². The van der Waals surface area contributed by atoms with Gasteiger partial charge in [0.05, 0.1) is 12.7 Å². The van der Waals surface area contributed by atoms with Crippen molar-refractivity contribution >= 4 is 15.9 Å². The smallest absolute Gasteiger partial charge is 0.0630 e. The molecule has 2 atom stereocenters. The second-order valence-electron chi connectivity index (χ2n) is 4.38. The Morgan fingerprint density at radius 2 is 2.38 bits per heavy atom. The highest BCUT2D eigenvalue weighted by Crippen LogP contribution is 2.21. The molecular formula is C13H17BrO2. The van der Waals surface area contributed by atoms with Gasteiger partial charge in [0.1, 0.15) is 0 Å². The molecule has 1 heterocycles. The standard InChI is InChI=1S/C13H17BrO2/c14-12-5-1-3-10(7-12)8-13(15)11-4-2-6-16-9-11/h1,3,5,7,11,13,15H,2,4,6,8-9H2. The number of hydrogen-bond donors (Lipinski definition) is 1. The maximum absolute atomic E-state index is 10.1. The molecule has 88 valence electrons. The predicted octanol–water partition coefficient (Wildman–Crippen LogP) is 2.78. The van der Waals surface area contributed by atoms with E-state index in [0.29, 0.717) is 18.9 Å². The molecule has 0 aliphatic carbocycles. The Morgan fingerprint density at radius 3 is 3.06 bits per heavy atom. The van der Waals surface area contributed by atoms with Crippen molar-refractivity contribution in [3.63, 3.8) is 0 Å². The van der Waals surface area contributed by atoms with Crippen molar-refractivity contribution in [2.45, 2.75) is 25.4 Å². The zero-order valence-electron chi connectivity index (χ0n) is 9.23. The first-order valence-corrected chi connectivity index (χ1v) is 6.55. The summed E-state index contributed by atoms with van der Waals surface area (Å²) in [7, 11) is 0. The van der Waals surface area contributed by atoms with Crippen LogP contribution in [0.4, 0.5) is 0 Å². The van der Waals surface area contributed by atoms with E-state index < -0.39 is 0 Å². The molecule has 0 aromatic heterocycles. The lowest BCUT2D eigenvalue weighted by Gasteiger charge is -2.26. The van der Waals surface area contributed by atoms with E-state index in [1.807, 2.05) is 12.1 Å². The maximum atomic E-state index is 10.1. The molecule has 1 aromatic carbocycles. The summed E-state index contributed by atoms with van der Waals surface area (Å²) < 4.78 is 6.46. The molecule has 1 N–H and O–H groups in total. The highest BCUT2D eigenvalue weighted by molar-refractivity contribution is 9.10. The second-order valence-corrected chi connectivity index (χ2v) is 5.29. The van der Waals surface area contributed by atoms with Crippen LogP contribution in [0.5, 0.6) is 0 Å². The number of benzene rings is 1. The number of ether oxygens (including phenoxy) is 1. The van der Waals surface area contributed by atoms with Crippen LogP contribution in [0.15, 0.2) is 28.7 Å². The third kappa shape index (κ3) is 3.30. The normalized spacial score (nSPS) is 23.0. The number of aliphatic hydroxyl groups is 1. The Balaban J connectivity index is 1.93. The highest BCUT2D eigenvalue weighted by Gasteiger charge is 2.22. The first-order valence-electron chi connectivity index (χ1n) is 5.76. The second kappa shape index (κ2) is 5.80. The molecule has 0 amide bonds. The third-order valence-corrected chi connectivity index (χ3v) is 3.57. The van der Waals surface area contributed by atoms with Crippen LogP contribution in [0.25, 0.3) is 0 Å². The molecule has 1 aliphatic rings. The van der Waals surface area contributed by atoms with Gasteiger partial charge in [-0.1, -0.05) is 28.1 Å². The van der Waals surface area contributed by atoms with Gasteiger partial charge in [0.15, 0.2) is 0 Å². The third-order valence-electron chi connectivity index (χ3n) is 3.07. The van der Waals surface area contributed by atoms with Crippen LogP contribution in [0.1, 0.15) is 18.4 Å². The minimum Gasteiger partial charge on any atom is -0.392 e. The van der Waals surface area contributed by atoms with E-state index in [4.69, 9.17) is 4.74 Å². The first-order chi connectivity index (χ1) is 7.75. The van der Waals surface area contributed by atoms with Crippen molar-refractivity contribution in [1.82, 2.24) is 0 Å². The van der Waals surface area contributed by atoms with Gasteiger partial charge in [0.25, 0.3) is 0 Å². The quantitative estimate of drug-likeness (QED) is 0.925. The van der Waals surface area contributed by atoms with E-state index in [1.165, 1.54) is 5.56 Å². The van der Waals surface area contributed by atoms with Crippen molar-refractivity contribution in [1.29, 1.82) is 0 Å². The van der Waals surface area contributed by atoms with Gasteiger partial charge in [-0.15, -0.1) is 0 Å². The molecular weight excluding hydrogens is 268 g/mol. The Morgan fingerprint density at radius 1 is 1.50 bits per heavy atom. The van der Waals surface area contributed by atoms with E-state index in [-0.39, 0.29) is 6.10 Å². The molecule has 2 unspecified atom stereocenters. The van der Waals surface area contributed by atoms with Crippen molar-refractivity contribution in [3.8, 4) is 0 Å². The molecule has 16 heavy (non-hydrogen) atoms. The maximum Gasteiger partial charge on any atom is 0.0630 e. The molecule has 0 radical (unpaired) electrons. The van der Waals surface area contributed by atoms with Crippen molar-refractivity contribution in [2.75, 3.05) is 13.2 Å². The fourth-order valence-electron chi connectivity index (χ4n) is 2.14. The van der Waals surface area contributed by atoms with Gasteiger partial charge in [-0.25, -0.2) is 0 Å². The largest absolute Gasteiger partial charge is 0.392 e. The lowest BCUT2D eigenvalue weighted by atomic mass is 9.92. The van der Waals surface area contributed by atoms with Gasteiger partial charge in [-0.2, -0.15) is 0 Å². The highest BCUT2D eigenvalue weighted by atomic mass is 79.9. The van der Waals surface area contributed by atoms with Gasteiger partial charge in [-0.3, -0.25) is 0 Å². The van der Waals surface area contributed by atoms with Crippen molar-refractivity contribution in [3.05, 3.63) is 34.3 Å². The number of hydrogen-bond acceptors (Lipinski definition) is 2. The molecule has 1 aromatic rings.